The zero-order chi connectivity index (χ0) is 17.9. The molecule has 0 N–H and O–H groups in total. The van der Waals surface area contributed by atoms with Crippen LogP contribution in [0.2, 0.25) is 0 Å². The number of alkyl halides is 3. The molecule has 25 heavy (non-hydrogen) atoms. The number of benzene rings is 1. The van der Waals surface area contributed by atoms with Crippen molar-refractivity contribution in [2.24, 2.45) is 10.1 Å². The van der Waals surface area contributed by atoms with Crippen molar-refractivity contribution >= 4 is 17.6 Å². The molecule has 3 rings (SSSR count). The van der Waals surface area contributed by atoms with E-state index in [4.69, 9.17) is 4.42 Å². The van der Waals surface area contributed by atoms with Gasteiger partial charge in [0, 0.05) is 11.9 Å². The second-order valence-corrected chi connectivity index (χ2v) is 5.87. The number of halogens is 3. The lowest BCUT2D eigenvalue weighted by Crippen LogP contribution is -2.12. The zero-order valence-corrected chi connectivity index (χ0v) is 14.0. The summed E-state index contributed by atoms with van der Waals surface area (Å²) in [7, 11) is 0. The Morgan fingerprint density at radius 3 is 2.76 bits per heavy atom. The molecule has 0 aliphatic carbocycles. The summed E-state index contributed by atoms with van der Waals surface area (Å²) in [5.41, 5.74) is 0.322. The fourth-order valence-electron chi connectivity index (χ4n) is 2.17. The van der Waals surface area contributed by atoms with Gasteiger partial charge in [0.1, 0.15) is 5.69 Å². The SMILES string of the molecule is CCN=c1scc(-c2ccco2)n1N=Cc1cccc(C(F)(F)F)c1. The molecule has 0 aliphatic rings. The van der Waals surface area contributed by atoms with Crippen LogP contribution in [-0.4, -0.2) is 17.4 Å². The number of hydrogen-bond donors (Lipinski definition) is 0. The van der Waals surface area contributed by atoms with E-state index in [0.29, 0.717) is 28.4 Å². The summed E-state index contributed by atoms with van der Waals surface area (Å²) in [6, 6.07) is 8.54. The molecule has 8 heteroatoms. The highest BCUT2D eigenvalue weighted by Crippen LogP contribution is 2.29. The summed E-state index contributed by atoms with van der Waals surface area (Å²) < 4.78 is 45.4. The van der Waals surface area contributed by atoms with E-state index in [-0.39, 0.29) is 0 Å². The van der Waals surface area contributed by atoms with Gasteiger partial charge in [-0.2, -0.15) is 18.3 Å². The largest absolute Gasteiger partial charge is 0.463 e. The minimum atomic E-state index is -4.39. The molecule has 3 aromatic rings. The Bertz CT molecular complexity index is 937. The topological polar surface area (TPSA) is 42.8 Å². The highest BCUT2D eigenvalue weighted by atomic mass is 32.1. The van der Waals surface area contributed by atoms with Crippen molar-refractivity contribution in [2.45, 2.75) is 13.1 Å². The van der Waals surface area contributed by atoms with Crippen LogP contribution in [0.25, 0.3) is 11.5 Å². The maximum absolute atomic E-state index is 12.8. The van der Waals surface area contributed by atoms with Gasteiger partial charge in [-0.3, -0.25) is 4.99 Å². The van der Waals surface area contributed by atoms with Crippen LogP contribution < -0.4 is 4.80 Å². The fraction of sp³-hybridized carbons (Fsp3) is 0.176. The van der Waals surface area contributed by atoms with Gasteiger partial charge in [0.15, 0.2) is 5.76 Å². The zero-order valence-electron chi connectivity index (χ0n) is 13.2. The molecule has 0 unspecified atom stereocenters. The van der Waals surface area contributed by atoms with Crippen molar-refractivity contribution in [3.63, 3.8) is 0 Å². The van der Waals surface area contributed by atoms with Gasteiger partial charge in [-0.25, -0.2) is 4.68 Å². The molecule has 0 saturated heterocycles. The van der Waals surface area contributed by atoms with Crippen molar-refractivity contribution in [1.82, 2.24) is 4.68 Å². The van der Waals surface area contributed by atoms with Gasteiger partial charge < -0.3 is 4.42 Å². The summed E-state index contributed by atoms with van der Waals surface area (Å²) in [5, 5.41) is 6.16. The first-order chi connectivity index (χ1) is 12.0. The second kappa shape index (κ2) is 7.10. The molecule has 0 saturated carbocycles. The quantitative estimate of drug-likeness (QED) is 0.622. The van der Waals surface area contributed by atoms with E-state index in [9.17, 15) is 13.2 Å². The normalized spacial score (nSPS) is 13.0. The maximum atomic E-state index is 12.8. The lowest BCUT2D eigenvalue weighted by Gasteiger charge is -2.06. The number of hydrogen-bond acceptors (Lipinski definition) is 4. The van der Waals surface area contributed by atoms with Crippen LogP contribution in [0.15, 0.2) is 62.6 Å². The molecule has 2 heterocycles. The molecule has 0 amide bonds. The number of nitrogens with zero attached hydrogens (tertiary/aromatic N) is 3. The Morgan fingerprint density at radius 1 is 1.24 bits per heavy atom. The summed E-state index contributed by atoms with van der Waals surface area (Å²) in [5.74, 6) is 0.606. The Kier molecular flexibility index (Phi) is 4.89. The van der Waals surface area contributed by atoms with Crippen LogP contribution >= 0.6 is 11.3 Å². The Balaban J connectivity index is 2.02. The molecule has 4 nitrogen and oxygen atoms in total. The summed E-state index contributed by atoms with van der Waals surface area (Å²) in [6.45, 7) is 2.46. The van der Waals surface area contributed by atoms with Crippen LogP contribution in [0.1, 0.15) is 18.1 Å². The molecule has 130 valence electrons. The van der Waals surface area contributed by atoms with Crippen LogP contribution in [0, 0.1) is 0 Å². The average Bonchev–Trinajstić information content (AvgIpc) is 3.22. The van der Waals surface area contributed by atoms with Crippen molar-refractivity contribution in [2.75, 3.05) is 6.54 Å². The predicted octanol–water partition coefficient (Wildman–Crippen LogP) is 4.63. The monoisotopic (exact) mass is 365 g/mol. The van der Waals surface area contributed by atoms with Gasteiger partial charge in [0.25, 0.3) is 0 Å². The summed E-state index contributed by atoms with van der Waals surface area (Å²) in [6.07, 6.45) is -1.46. The molecule has 2 aromatic heterocycles. The molecule has 0 fully saturated rings. The smallest absolute Gasteiger partial charge is 0.416 e. The van der Waals surface area contributed by atoms with Crippen LogP contribution in [-0.2, 0) is 6.18 Å². The Morgan fingerprint density at radius 2 is 2.08 bits per heavy atom. The second-order valence-electron chi connectivity index (χ2n) is 5.03. The molecule has 0 aliphatic heterocycles. The van der Waals surface area contributed by atoms with Gasteiger partial charge in [-0.15, -0.1) is 11.3 Å². The average molecular weight is 365 g/mol. The number of rotatable bonds is 4. The van der Waals surface area contributed by atoms with Crippen LogP contribution in [0.5, 0.6) is 0 Å². The van der Waals surface area contributed by atoms with Gasteiger partial charge in [0.05, 0.1) is 18.0 Å². The molecular weight excluding hydrogens is 351 g/mol. The fourth-order valence-corrected chi connectivity index (χ4v) is 3.05. The van der Waals surface area contributed by atoms with Crippen LogP contribution in [0.3, 0.4) is 0 Å². The van der Waals surface area contributed by atoms with E-state index >= 15 is 0 Å². The first-order valence-electron chi connectivity index (χ1n) is 7.45. The van der Waals surface area contributed by atoms with E-state index in [2.05, 4.69) is 10.1 Å². The van der Waals surface area contributed by atoms with Gasteiger partial charge >= 0.3 is 6.18 Å². The maximum Gasteiger partial charge on any atom is 0.416 e. The van der Waals surface area contributed by atoms with Crippen molar-refractivity contribution in [3.05, 3.63) is 64.0 Å². The third-order valence-electron chi connectivity index (χ3n) is 3.29. The van der Waals surface area contributed by atoms with Gasteiger partial charge in [-0.05, 0) is 36.8 Å². The van der Waals surface area contributed by atoms with Crippen LogP contribution in [0.4, 0.5) is 13.2 Å². The van der Waals surface area contributed by atoms with Crippen molar-refractivity contribution < 1.29 is 17.6 Å². The van der Waals surface area contributed by atoms with E-state index < -0.39 is 11.7 Å². The van der Waals surface area contributed by atoms with Crippen molar-refractivity contribution in [1.29, 1.82) is 0 Å². The van der Waals surface area contributed by atoms with E-state index in [1.165, 1.54) is 23.6 Å². The Labute approximate surface area is 145 Å². The number of aromatic nitrogens is 1. The molecule has 0 bridgehead atoms. The minimum absolute atomic E-state index is 0.348. The lowest BCUT2D eigenvalue weighted by atomic mass is 10.1. The summed E-state index contributed by atoms with van der Waals surface area (Å²) in [4.78, 5) is 4.99. The third-order valence-corrected chi connectivity index (χ3v) is 4.14. The predicted molar refractivity (Wildman–Crippen MR) is 90.6 cm³/mol. The van der Waals surface area contributed by atoms with E-state index in [1.54, 1.807) is 29.1 Å². The van der Waals surface area contributed by atoms with Gasteiger partial charge in [0.2, 0.25) is 4.80 Å². The molecule has 0 atom stereocenters. The Hall–Kier alpha value is -2.61. The van der Waals surface area contributed by atoms with Gasteiger partial charge in [-0.1, -0.05) is 12.1 Å². The molecule has 1 aromatic carbocycles. The molecule has 0 spiro atoms. The first kappa shape index (κ1) is 17.2. The third kappa shape index (κ3) is 3.90. The minimum Gasteiger partial charge on any atom is -0.463 e. The molecule has 0 radical (unpaired) electrons. The molecular formula is C17H14F3N3OS. The highest BCUT2D eigenvalue weighted by Gasteiger charge is 2.30. The van der Waals surface area contributed by atoms with E-state index in [0.717, 1.165) is 12.1 Å². The lowest BCUT2D eigenvalue weighted by molar-refractivity contribution is -0.137. The first-order valence-corrected chi connectivity index (χ1v) is 8.33. The number of furan rings is 1. The summed E-state index contributed by atoms with van der Waals surface area (Å²) >= 11 is 1.38. The van der Waals surface area contributed by atoms with E-state index in [1.807, 2.05) is 12.3 Å². The standard InChI is InChI=1S/C17H14F3N3OS/c1-2-21-16-23(14(11-25-16)15-7-4-8-24-15)22-10-12-5-3-6-13(9-12)17(18,19)20/h3-11H,2H2,1H3. The highest BCUT2D eigenvalue weighted by molar-refractivity contribution is 7.07. The van der Waals surface area contributed by atoms with Crippen molar-refractivity contribution in [3.8, 4) is 11.5 Å². The number of thiazole rings is 1.